The van der Waals surface area contributed by atoms with Crippen LogP contribution in [0, 0.1) is 0 Å². The summed E-state index contributed by atoms with van der Waals surface area (Å²) in [5.74, 6) is 0.953. The summed E-state index contributed by atoms with van der Waals surface area (Å²) in [6, 6.07) is 5.96. The van der Waals surface area contributed by atoms with Crippen LogP contribution in [0.25, 0.3) is 0 Å². The van der Waals surface area contributed by atoms with Crippen LogP contribution >= 0.6 is 11.8 Å². The minimum absolute atomic E-state index is 0.139. The molecule has 0 N–H and O–H groups in total. The monoisotopic (exact) mass is 374 g/mol. The molecule has 3 aromatic heterocycles. The Hall–Kier alpha value is -2.10. The molecule has 0 bridgehead atoms. The third-order valence-electron chi connectivity index (χ3n) is 4.26. The average Bonchev–Trinajstić information content (AvgIpc) is 3.33. The summed E-state index contributed by atoms with van der Waals surface area (Å²) < 4.78 is 15.8. The van der Waals surface area contributed by atoms with Crippen LogP contribution in [0.4, 0.5) is 0 Å². The summed E-state index contributed by atoms with van der Waals surface area (Å²) >= 11 is 1.48. The Labute approximate surface area is 156 Å². The standard InChI is InChI=1S/C17H22N6O2S/c1-21-13-18-20-17(21)26-16-5-4-14(25-16)10-22-7-3-9-24-15(11-22)12-23-8-2-6-19-23/h2,4-6,8,13,15H,3,7,9-12H2,1H3/t15-/m1/s1. The number of rotatable bonds is 6. The zero-order chi connectivity index (χ0) is 17.8. The van der Waals surface area contributed by atoms with Crippen molar-refractivity contribution in [3.8, 4) is 0 Å². The van der Waals surface area contributed by atoms with E-state index in [0.29, 0.717) is 0 Å². The number of aryl methyl sites for hydroxylation is 1. The molecule has 138 valence electrons. The zero-order valence-electron chi connectivity index (χ0n) is 14.7. The Balaban J connectivity index is 1.36. The first-order chi connectivity index (χ1) is 12.8. The number of aromatic nitrogens is 5. The first-order valence-corrected chi connectivity index (χ1v) is 9.50. The number of furan rings is 1. The summed E-state index contributed by atoms with van der Waals surface area (Å²) in [7, 11) is 1.92. The minimum Gasteiger partial charge on any atom is -0.453 e. The third-order valence-corrected chi connectivity index (χ3v) is 5.23. The van der Waals surface area contributed by atoms with Gasteiger partial charge in [-0.1, -0.05) is 0 Å². The van der Waals surface area contributed by atoms with Gasteiger partial charge in [-0.2, -0.15) is 5.10 Å². The maximum atomic E-state index is 5.98. The normalized spacial score (nSPS) is 18.9. The molecule has 1 fully saturated rings. The second kappa shape index (κ2) is 8.07. The summed E-state index contributed by atoms with van der Waals surface area (Å²) in [6.07, 6.45) is 6.62. The molecular formula is C17H22N6O2S. The van der Waals surface area contributed by atoms with Crippen LogP contribution in [0.1, 0.15) is 12.2 Å². The van der Waals surface area contributed by atoms with Gasteiger partial charge in [0.05, 0.1) is 19.2 Å². The Morgan fingerprint density at radius 1 is 1.35 bits per heavy atom. The van der Waals surface area contributed by atoms with Crippen LogP contribution in [-0.4, -0.2) is 55.2 Å². The molecule has 1 saturated heterocycles. The van der Waals surface area contributed by atoms with Crippen LogP contribution in [-0.2, 0) is 24.9 Å². The molecule has 0 amide bonds. The van der Waals surface area contributed by atoms with Gasteiger partial charge in [0.2, 0.25) is 0 Å². The molecule has 0 saturated carbocycles. The van der Waals surface area contributed by atoms with Gasteiger partial charge >= 0.3 is 0 Å². The lowest BCUT2D eigenvalue weighted by atomic mass is 10.3. The van der Waals surface area contributed by atoms with Crippen molar-refractivity contribution < 1.29 is 9.15 Å². The molecule has 0 spiro atoms. The molecule has 1 aliphatic rings. The van der Waals surface area contributed by atoms with Crippen molar-refractivity contribution in [1.29, 1.82) is 0 Å². The van der Waals surface area contributed by atoms with Crippen LogP contribution in [0.3, 0.4) is 0 Å². The minimum atomic E-state index is 0.139. The molecule has 3 aromatic rings. The zero-order valence-corrected chi connectivity index (χ0v) is 15.5. The van der Waals surface area contributed by atoms with E-state index < -0.39 is 0 Å². The Bertz CT molecular complexity index is 815. The van der Waals surface area contributed by atoms with Crippen LogP contribution in [0.5, 0.6) is 0 Å². The van der Waals surface area contributed by atoms with Crippen LogP contribution < -0.4 is 0 Å². The second-order valence-electron chi connectivity index (χ2n) is 6.36. The lowest BCUT2D eigenvalue weighted by molar-refractivity contribution is 0.0382. The predicted molar refractivity (Wildman–Crippen MR) is 95.7 cm³/mol. The maximum Gasteiger partial charge on any atom is 0.198 e. The lowest BCUT2D eigenvalue weighted by Gasteiger charge is -2.22. The van der Waals surface area contributed by atoms with E-state index in [0.717, 1.165) is 55.2 Å². The lowest BCUT2D eigenvalue weighted by Crippen LogP contribution is -2.34. The molecule has 4 heterocycles. The van der Waals surface area contributed by atoms with E-state index in [1.807, 2.05) is 40.7 Å². The molecule has 0 unspecified atom stereocenters. The molecule has 1 aliphatic heterocycles. The maximum absolute atomic E-state index is 5.98. The molecule has 26 heavy (non-hydrogen) atoms. The molecule has 0 radical (unpaired) electrons. The predicted octanol–water partition coefficient (Wildman–Crippen LogP) is 2.05. The second-order valence-corrected chi connectivity index (χ2v) is 7.33. The van der Waals surface area contributed by atoms with Gasteiger partial charge in [0, 0.05) is 39.1 Å². The van der Waals surface area contributed by atoms with Gasteiger partial charge in [-0.05, 0) is 36.4 Å². The molecule has 1 atom stereocenters. The number of hydrogen-bond acceptors (Lipinski definition) is 7. The van der Waals surface area contributed by atoms with Gasteiger partial charge in [-0.25, -0.2) is 0 Å². The fourth-order valence-electron chi connectivity index (χ4n) is 3.01. The summed E-state index contributed by atoms with van der Waals surface area (Å²) in [4.78, 5) is 2.39. The fourth-order valence-corrected chi connectivity index (χ4v) is 3.76. The van der Waals surface area contributed by atoms with Crippen molar-refractivity contribution in [3.63, 3.8) is 0 Å². The topological polar surface area (TPSA) is 74.1 Å². The molecule has 8 nitrogen and oxygen atoms in total. The first-order valence-electron chi connectivity index (χ1n) is 8.68. The highest BCUT2D eigenvalue weighted by molar-refractivity contribution is 7.99. The van der Waals surface area contributed by atoms with Gasteiger partial charge in [0.1, 0.15) is 12.1 Å². The van der Waals surface area contributed by atoms with E-state index in [4.69, 9.17) is 9.15 Å². The van der Waals surface area contributed by atoms with Crippen molar-refractivity contribution in [3.05, 3.63) is 42.7 Å². The Kier molecular flexibility index (Phi) is 5.37. The molecule has 4 rings (SSSR count). The molecule has 0 aliphatic carbocycles. The number of nitrogens with zero attached hydrogens (tertiary/aromatic N) is 6. The van der Waals surface area contributed by atoms with Crippen LogP contribution in [0.2, 0.25) is 0 Å². The van der Waals surface area contributed by atoms with Crippen LogP contribution in [0.15, 0.2) is 51.6 Å². The van der Waals surface area contributed by atoms with Gasteiger partial charge in [-0.3, -0.25) is 9.58 Å². The van der Waals surface area contributed by atoms with E-state index in [9.17, 15) is 0 Å². The Morgan fingerprint density at radius 3 is 3.12 bits per heavy atom. The van der Waals surface area contributed by atoms with Crippen molar-refractivity contribution in [2.24, 2.45) is 7.05 Å². The smallest absolute Gasteiger partial charge is 0.198 e. The van der Waals surface area contributed by atoms with E-state index in [-0.39, 0.29) is 6.10 Å². The van der Waals surface area contributed by atoms with E-state index in [2.05, 4.69) is 20.2 Å². The van der Waals surface area contributed by atoms with Crippen molar-refractivity contribution in [2.45, 2.75) is 35.9 Å². The molecule has 0 aromatic carbocycles. The van der Waals surface area contributed by atoms with Gasteiger partial charge in [0.25, 0.3) is 0 Å². The fraction of sp³-hybridized carbons (Fsp3) is 0.471. The van der Waals surface area contributed by atoms with E-state index in [1.54, 1.807) is 12.5 Å². The SMILES string of the molecule is Cn1cnnc1Sc1ccc(CN2CCCO[C@@H](Cn3cccn3)C2)o1. The summed E-state index contributed by atoms with van der Waals surface area (Å²) in [6.45, 7) is 4.20. The highest BCUT2D eigenvalue weighted by atomic mass is 32.2. The van der Waals surface area contributed by atoms with Gasteiger partial charge in [0.15, 0.2) is 10.2 Å². The largest absolute Gasteiger partial charge is 0.453 e. The van der Waals surface area contributed by atoms with Gasteiger partial charge < -0.3 is 13.7 Å². The van der Waals surface area contributed by atoms with Gasteiger partial charge in [-0.15, -0.1) is 10.2 Å². The average molecular weight is 374 g/mol. The number of ether oxygens (including phenoxy) is 1. The highest BCUT2D eigenvalue weighted by Crippen LogP contribution is 2.27. The molecular weight excluding hydrogens is 352 g/mol. The quantitative estimate of drug-likeness (QED) is 0.654. The van der Waals surface area contributed by atoms with Crippen molar-refractivity contribution >= 4 is 11.8 Å². The number of hydrogen-bond donors (Lipinski definition) is 0. The van der Waals surface area contributed by atoms with E-state index in [1.165, 1.54) is 11.8 Å². The highest BCUT2D eigenvalue weighted by Gasteiger charge is 2.20. The third kappa shape index (κ3) is 4.35. The molecule has 9 heteroatoms. The Morgan fingerprint density at radius 2 is 2.31 bits per heavy atom. The summed E-state index contributed by atoms with van der Waals surface area (Å²) in [5.41, 5.74) is 0. The summed E-state index contributed by atoms with van der Waals surface area (Å²) in [5, 5.41) is 13.9. The van der Waals surface area contributed by atoms with E-state index >= 15 is 0 Å². The van der Waals surface area contributed by atoms with Crippen molar-refractivity contribution in [1.82, 2.24) is 29.4 Å². The van der Waals surface area contributed by atoms with Crippen molar-refractivity contribution in [2.75, 3.05) is 19.7 Å². The first kappa shape index (κ1) is 17.3.